The standard InChI is InChI=1S/C10H11BrO2/c11-8-5-9(13-10(12)6-8)7-3-1-2-4-7/h5-7H,1-4H2. The van der Waals surface area contributed by atoms with Gasteiger partial charge in [0.15, 0.2) is 0 Å². The second-order valence-corrected chi connectivity index (χ2v) is 4.39. The molecule has 2 rings (SSSR count). The molecule has 0 amide bonds. The molecule has 1 saturated carbocycles. The fourth-order valence-corrected chi connectivity index (χ4v) is 2.29. The van der Waals surface area contributed by atoms with Gasteiger partial charge in [0.05, 0.1) is 0 Å². The molecule has 3 heteroatoms. The van der Waals surface area contributed by atoms with Crippen molar-refractivity contribution in [2.24, 2.45) is 0 Å². The van der Waals surface area contributed by atoms with Crippen molar-refractivity contribution in [3.63, 3.8) is 0 Å². The van der Waals surface area contributed by atoms with Crippen molar-refractivity contribution in [2.75, 3.05) is 0 Å². The molecule has 1 aromatic heterocycles. The maximum absolute atomic E-state index is 11.1. The Hall–Kier alpha value is -0.570. The van der Waals surface area contributed by atoms with Gasteiger partial charge in [-0.05, 0) is 18.9 Å². The van der Waals surface area contributed by atoms with Crippen LogP contribution in [0.2, 0.25) is 0 Å². The molecule has 0 bridgehead atoms. The van der Waals surface area contributed by atoms with E-state index in [1.165, 1.54) is 18.9 Å². The predicted octanol–water partition coefficient (Wildman–Crippen LogP) is 3.06. The summed E-state index contributed by atoms with van der Waals surface area (Å²) in [5.74, 6) is 1.31. The summed E-state index contributed by atoms with van der Waals surface area (Å²) < 4.78 is 5.98. The van der Waals surface area contributed by atoms with Crippen LogP contribution in [-0.4, -0.2) is 0 Å². The topological polar surface area (TPSA) is 30.2 Å². The van der Waals surface area contributed by atoms with Gasteiger partial charge in [0.1, 0.15) is 5.76 Å². The highest BCUT2D eigenvalue weighted by Gasteiger charge is 2.19. The normalized spacial score (nSPS) is 17.9. The minimum absolute atomic E-state index is 0.253. The number of halogens is 1. The first-order chi connectivity index (χ1) is 6.25. The fraction of sp³-hybridized carbons (Fsp3) is 0.500. The molecule has 0 atom stereocenters. The zero-order valence-corrected chi connectivity index (χ0v) is 8.84. The van der Waals surface area contributed by atoms with Crippen LogP contribution in [-0.2, 0) is 0 Å². The highest BCUT2D eigenvalue weighted by Crippen LogP contribution is 2.34. The van der Waals surface area contributed by atoms with Crippen LogP contribution in [0.1, 0.15) is 37.4 Å². The number of hydrogen-bond acceptors (Lipinski definition) is 2. The van der Waals surface area contributed by atoms with Gasteiger partial charge in [0.25, 0.3) is 0 Å². The van der Waals surface area contributed by atoms with Crippen LogP contribution in [0, 0.1) is 0 Å². The average Bonchev–Trinajstić information content (AvgIpc) is 2.53. The molecular formula is C10H11BrO2. The molecule has 13 heavy (non-hydrogen) atoms. The molecule has 1 fully saturated rings. The monoisotopic (exact) mass is 242 g/mol. The van der Waals surface area contributed by atoms with E-state index in [-0.39, 0.29) is 5.63 Å². The van der Waals surface area contributed by atoms with Gasteiger partial charge in [-0.2, -0.15) is 0 Å². The summed E-state index contributed by atoms with van der Waals surface area (Å²) in [7, 11) is 0. The summed E-state index contributed by atoms with van der Waals surface area (Å²) in [6.07, 6.45) is 4.81. The molecule has 0 spiro atoms. The minimum atomic E-state index is -0.253. The summed E-state index contributed by atoms with van der Waals surface area (Å²) >= 11 is 3.30. The van der Waals surface area contributed by atoms with Gasteiger partial charge >= 0.3 is 5.63 Å². The van der Waals surface area contributed by atoms with Crippen molar-refractivity contribution < 1.29 is 4.42 Å². The highest BCUT2D eigenvalue weighted by atomic mass is 79.9. The maximum atomic E-state index is 11.1. The van der Waals surface area contributed by atoms with E-state index in [9.17, 15) is 4.79 Å². The first kappa shape index (κ1) is 9.00. The zero-order chi connectivity index (χ0) is 9.26. The Morgan fingerprint density at radius 2 is 2.00 bits per heavy atom. The molecule has 0 N–H and O–H groups in total. The molecule has 0 radical (unpaired) electrons. The molecular weight excluding hydrogens is 232 g/mol. The number of rotatable bonds is 1. The summed E-state index contributed by atoms with van der Waals surface area (Å²) in [4.78, 5) is 11.1. The van der Waals surface area contributed by atoms with E-state index in [1.807, 2.05) is 6.07 Å². The maximum Gasteiger partial charge on any atom is 0.336 e. The Morgan fingerprint density at radius 3 is 2.62 bits per heavy atom. The SMILES string of the molecule is O=c1cc(Br)cc(C2CCCC2)o1. The molecule has 1 aliphatic rings. The molecule has 0 aromatic carbocycles. The van der Waals surface area contributed by atoms with E-state index >= 15 is 0 Å². The van der Waals surface area contributed by atoms with Gasteiger partial charge in [-0.1, -0.05) is 28.8 Å². The van der Waals surface area contributed by atoms with Gasteiger partial charge in [0.2, 0.25) is 0 Å². The van der Waals surface area contributed by atoms with Crippen molar-refractivity contribution in [1.82, 2.24) is 0 Å². The predicted molar refractivity (Wildman–Crippen MR) is 53.9 cm³/mol. The second kappa shape index (κ2) is 3.66. The molecule has 70 valence electrons. The van der Waals surface area contributed by atoms with E-state index in [0.29, 0.717) is 5.92 Å². The van der Waals surface area contributed by atoms with Crippen LogP contribution in [0.25, 0.3) is 0 Å². The molecule has 1 aromatic rings. The van der Waals surface area contributed by atoms with E-state index < -0.39 is 0 Å². The summed E-state index contributed by atoms with van der Waals surface area (Å²) in [6.45, 7) is 0. The van der Waals surface area contributed by atoms with Crippen molar-refractivity contribution in [2.45, 2.75) is 31.6 Å². The minimum Gasteiger partial charge on any atom is -0.428 e. The Labute approximate surface area is 85.1 Å². The van der Waals surface area contributed by atoms with E-state index in [2.05, 4.69) is 15.9 Å². The van der Waals surface area contributed by atoms with Crippen molar-refractivity contribution in [3.05, 3.63) is 32.8 Å². The highest BCUT2D eigenvalue weighted by molar-refractivity contribution is 9.10. The van der Waals surface area contributed by atoms with Crippen molar-refractivity contribution in [1.29, 1.82) is 0 Å². The van der Waals surface area contributed by atoms with Crippen LogP contribution in [0.5, 0.6) is 0 Å². The Balaban J connectivity index is 2.33. The average molecular weight is 243 g/mol. The third-order valence-corrected chi connectivity index (χ3v) is 2.97. The van der Waals surface area contributed by atoms with E-state index in [4.69, 9.17) is 4.42 Å². The Kier molecular flexibility index (Phi) is 2.54. The zero-order valence-electron chi connectivity index (χ0n) is 7.25. The van der Waals surface area contributed by atoms with Gasteiger partial charge < -0.3 is 4.42 Å². The van der Waals surface area contributed by atoms with Gasteiger partial charge in [0, 0.05) is 16.5 Å². The van der Waals surface area contributed by atoms with Gasteiger partial charge in [-0.15, -0.1) is 0 Å². The molecule has 1 aliphatic carbocycles. The third kappa shape index (κ3) is 2.02. The molecule has 0 aliphatic heterocycles. The summed E-state index contributed by atoms with van der Waals surface area (Å²) in [6, 6.07) is 3.37. The molecule has 1 heterocycles. The second-order valence-electron chi connectivity index (χ2n) is 3.48. The van der Waals surface area contributed by atoms with Crippen LogP contribution in [0.15, 0.2) is 25.8 Å². The lowest BCUT2D eigenvalue weighted by molar-refractivity contribution is 0.422. The lowest BCUT2D eigenvalue weighted by Crippen LogP contribution is -2.02. The molecule has 0 unspecified atom stereocenters. The van der Waals surface area contributed by atoms with Crippen molar-refractivity contribution in [3.8, 4) is 0 Å². The van der Waals surface area contributed by atoms with Crippen LogP contribution in [0.4, 0.5) is 0 Å². The first-order valence-corrected chi connectivity index (χ1v) is 5.35. The smallest absolute Gasteiger partial charge is 0.336 e. The lowest BCUT2D eigenvalue weighted by atomic mass is 10.1. The van der Waals surface area contributed by atoms with Gasteiger partial charge in [-0.3, -0.25) is 0 Å². The lowest BCUT2D eigenvalue weighted by Gasteiger charge is -2.06. The van der Waals surface area contributed by atoms with Crippen molar-refractivity contribution >= 4 is 15.9 Å². The largest absolute Gasteiger partial charge is 0.428 e. The van der Waals surface area contributed by atoms with E-state index in [1.54, 1.807) is 0 Å². The third-order valence-electron chi connectivity index (χ3n) is 2.51. The first-order valence-electron chi connectivity index (χ1n) is 4.56. The van der Waals surface area contributed by atoms with Gasteiger partial charge in [-0.25, -0.2) is 4.79 Å². The van der Waals surface area contributed by atoms with Crippen LogP contribution < -0.4 is 5.63 Å². The Morgan fingerprint density at radius 1 is 1.31 bits per heavy atom. The fourth-order valence-electron chi connectivity index (χ4n) is 1.88. The molecule has 2 nitrogen and oxygen atoms in total. The number of hydrogen-bond donors (Lipinski definition) is 0. The van der Waals surface area contributed by atoms with Crippen LogP contribution >= 0.6 is 15.9 Å². The summed E-state index contributed by atoms with van der Waals surface area (Å²) in [5, 5.41) is 0. The Bertz CT molecular complexity index is 350. The van der Waals surface area contributed by atoms with E-state index in [0.717, 1.165) is 23.1 Å². The summed E-state index contributed by atoms with van der Waals surface area (Å²) in [5.41, 5.74) is -0.253. The molecule has 0 saturated heterocycles. The van der Waals surface area contributed by atoms with Crippen LogP contribution in [0.3, 0.4) is 0 Å². The quantitative estimate of drug-likeness (QED) is 0.758.